The zero-order chi connectivity index (χ0) is 14.5. The van der Waals surface area contributed by atoms with Crippen LogP contribution in [0.5, 0.6) is 0 Å². The van der Waals surface area contributed by atoms with Gasteiger partial charge >= 0.3 is 0 Å². The Bertz CT molecular complexity index is 407. The lowest BCUT2D eigenvalue weighted by atomic mass is 9.83. The average molecular weight is 274 g/mol. The van der Waals surface area contributed by atoms with Crippen molar-refractivity contribution in [2.24, 2.45) is 11.7 Å². The number of aryl methyl sites for hydroxylation is 2. The Labute approximate surface area is 124 Å². The monoisotopic (exact) mass is 274 g/mol. The fraction of sp³-hybridized carbons (Fsp3) is 0.667. The van der Waals surface area contributed by atoms with Gasteiger partial charge in [-0.2, -0.15) is 0 Å². The van der Waals surface area contributed by atoms with Gasteiger partial charge in [-0.05, 0) is 62.4 Å². The Morgan fingerprint density at radius 2 is 1.80 bits per heavy atom. The molecule has 2 heteroatoms. The molecule has 0 amide bonds. The summed E-state index contributed by atoms with van der Waals surface area (Å²) in [6.45, 7) is 9.80. The molecule has 1 aromatic carbocycles. The van der Waals surface area contributed by atoms with E-state index < -0.39 is 0 Å². The molecule has 0 aliphatic heterocycles. The summed E-state index contributed by atoms with van der Waals surface area (Å²) in [7, 11) is 0. The smallest absolute Gasteiger partial charge is 0.0241 e. The van der Waals surface area contributed by atoms with Gasteiger partial charge in [-0.1, -0.05) is 38.0 Å². The summed E-state index contributed by atoms with van der Waals surface area (Å²) in [6, 6.07) is 7.31. The first kappa shape index (κ1) is 15.5. The third-order valence-corrected chi connectivity index (χ3v) is 5.05. The number of hydrogen-bond acceptors (Lipinski definition) is 2. The summed E-state index contributed by atoms with van der Waals surface area (Å²) in [6.07, 6.45) is 5.36. The maximum absolute atomic E-state index is 6.01. The molecule has 2 unspecified atom stereocenters. The van der Waals surface area contributed by atoms with Crippen LogP contribution in [0.3, 0.4) is 0 Å². The molecule has 1 aromatic rings. The largest absolute Gasteiger partial charge is 0.330 e. The van der Waals surface area contributed by atoms with Crippen LogP contribution in [0.4, 0.5) is 0 Å². The van der Waals surface area contributed by atoms with Crippen LogP contribution in [-0.2, 0) is 6.54 Å². The molecule has 20 heavy (non-hydrogen) atoms. The van der Waals surface area contributed by atoms with E-state index >= 15 is 0 Å². The normalized spacial score (nSPS) is 23.2. The quantitative estimate of drug-likeness (QED) is 0.888. The third-order valence-electron chi connectivity index (χ3n) is 5.05. The van der Waals surface area contributed by atoms with Crippen molar-refractivity contribution in [3.05, 3.63) is 34.9 Å². The van der Waals surface area contributed by atoms with Gasteiger partial charge in [0.1, 0.15) is 0 Å². The minimum absolute atomic E-state index is 0.678. The number of nitrogens with zero attached hydrogens (tertiary/aromatic N) is 1. The summed E-state index contributed by atoms with van der Waals surface area (Å²) >= 11 is 0. The van der Waals surface area contributed by atoms with E-state index in [2.05, 4.69) is 43.9 Å². The van der Waals surface area contributed by atoms with E-state index in [0.717, 1.165) is 19.6 Å². The van der Waals surface area contributed by atoms with Crippen molar-refractivity contribution in [1.82, 2.24) is 4.90 Å². The topological polar surface area (TPSA) is 29.3 Å². The highest BCUT2D eigenvalue weighted by Crippen LogP contribution is 2.29. The predicted molar refractivity (Wildman–Crippen MR) is 86.8 cm³/mol. The van der Waals surface area contributed by atoms with Crippen LogP contribution >= 0.6 is 0 Å². The van der Waals surface area contributed by atoms with Crippen molar-refractivity contribution < 1.29 is 0 Å². The fourth-order valence-corrected chi connectivity index (χ4v) is 3.71. The summed E-state index contributed by atoms with van der Waals surface area (Å²) < 4.78 is 0. The molecule has 1 fully saturated rings. The second kappa shape index (κ2) is 7.24. The molecule has 0 radical (unpaired) electrons. The number of nitrogens with two attached hydrogens (primary N) is 1. The van der Waals surface area contributed by atoms with Crippen LogP contribution in [0.15, 0.2) is 18.2 Å². The molecule has 0 aromatic heterocycles. The summed E-state index contributed by atoms with van der Waals surface area (Å²) in [5.41, 5.74) is 10.4. The minimum Gasteiger partial charge on any atom is -0.330 e. The Morgan fingerprint density at radius 1 is 1.15 bits per heavy atom. The van der Waals surface area contributed by atoms with E-state index in [1.54, 1.807) is 0 Å². The van der Waals surface area contributed by atoms with Crippen molar-refractivity contribution in [3.63, 3.8) is 0 Å². The lowest BCUT2D eigenvalue weighted by Crippen LogP contribution is -2.44. The summed E-state index contributed by atoms with van der Waals surface area (Å²) in [4.78, 5) is 2.66. The van der Waals surface area contributed by atoms with Gasteiger partial charge in [0.05, 0.1) is 0 Å². The highest BCUT2D eigenvalue weighted by molar-refractivity contribution is 5.33. The highest BCUT2D eigenvalue weighted by atomic mass is 15.2. The molecular weight excluding hydrogens is 244 g/mol. The molecule has 2 nitrogen and oxygen atoms in total. The fourth-order valence-electron chi connectivity index (χ4n) is 3.71. The molecule has 1 aliphatic rings. The molecule has 0 spiro atoms. The van der Waals surface area contributed by atoms with Crippen molar-refractivity contribution in [2.45, 2.75) is 59.0 Å². The molecule has 1 saturated carbocycles. The van der Waals surface area contributed by atoms with Crippen molar-refractivity contribution in [2.75, 3.05) is 13.1 Å². The standard InChI is InChI=1S/C18H30N2/c1-4-20(18-11-6-5-10-16(18)12-19)13-17-14(2)8-7-9-15(17)3/h7-9,16,18H,4-6,10-13,19H2,1-3H3. The minimum atomic E-state index is 0.678. The maximum Gasteiger partial charge on any atom is 0.0241 e. The van der Waals surface area contributed by atoms with Crippen LogP contribution in [0.2, 0.25) is 0 Å². The number of rotatable bonds is 5. The number of benzene rings is 1. The maximum atomic E-state index is 6.01. The molecule has 112 valence electrons. The van der Waals surface area contributed by atoms with Crippen molar-refractivity contribution >= 4 is 0 Å². The van der Waals surface area contributed by atoms with Gasteiger partial charge in [0.15, 0.2) is 0 Å². The third kappa shape index (κ3) is 3.42. The first-order valence-electron chi connectivity index (χ1n) is 8.16. The second-order valence-corrected chi connectivity index (χ2v) is 6.28. The van der Waals surface area contributed by atoms with Gasteiger partial charge in [-0.25, -0.2) is 0 Å². The Balaban J connectivity index is 2.15. The highest BCUT2D eigenvalue weighted by Gasteiger charge is 2.28. The lowest BCUT2D eigenvalue weighted by molar-refractivity contribution is 0.105. The van der Waals surface area contributed by atoms with Gasteiger partial charge in [0, 0.05) is 12.6 Å². The van der Waals surface area contributed by atoms with Crippen LogP contribution in [0.25, 0.3) is 0 Å². The molecule has 0 bridgehead atoms. The van der Waals surface area contributed by atoms with Gasteiger partial charge in [0.2, 0.25) is 0 Å². The molecule has 2 rings (SSSR count). The second-order valence-electron chi connectivity index (χ2n) is 6.28. The van der Waals surface area contributed by atoms with Crippen LogP contribution in [0, 0.1) is 19.8 Å². The van der Waals surface area contributed by atoms with E-state index in [4.69, 9.17) is 5.73 Å². The lowest BCUT2D eigenvalue weighted by Gasteiger charge is -2.39. The first-order valence-corrected chi connectivity index (χ1v) is 8.16. The van der Waals surface area contributed by atoms with Crippen molar-refractivity contribution in [3.8, 4) is 0 Å². The molecule has 0 heterocycles. The molecular formula is C18H30N2. The molecule has 2 N–H and O–H groups in total. The zero-order valence-electron chi connectivity index (χ0n) is 13.4. The molecule has 0 saturated heterocycles. The van der Waals surface area contributed by atoms with Crippen molar-refractivity contribution in [1.29, 1.82) is 0 Å². The van der Waals surface area contributed by atoms with Crippen LogP contribution in [-0.4, -0.2) is 24.0 Å². The van der Waals surface area contributed by atoms with Gasteiger partial charge in [-0.15, -0.1) is 0 Å². The Kier molecular flexibility index (Phi) is 5.62. The van der Waals surface area contributed by atoms with E-state index in [0.29, 0.717) is 12.0 Å². The van der Waals surface area contributed by atoms with Crippen LogP contribution < -0.4 is 5.73 Å². The Morgan fingerprint density at radius 3 is 2.40 bits per heavy atom. The summed E-state index contributed by atoms with van der Waals surface area (Å²) in [5, 5.41) is 0. The van der Waals surface area contributed by atoms with E-state index in [-0.39, 0.29) is 0 Å². The Hall–Kier alpha value is -0.860. The van der Waals surface area contributed by atoms with Gasteiger partial charge < -0.3 is 5.73 Å². The van der Waals surface area contributed by atoms with Gasteiger partial charge in [-0.3, -0.25) is 4.90 Å². The van der Waals surface area contributed by atoms with E-state index in [1.807, 2.05) is 0 Å². The molecule has 2 atom stereocenters. The van der Waals surface area contributed by atoms with E-state index in [1.165, 1.54) is 42.4 Å². The summed E-state index contributed by atoms with van der Waals surface area (Å²) in [5.74, 6) is 0.688. The average Bonchev–Trinajstić information content (AvgIpc) is 2.47. The number of hydrogen-bond donors (Lipinski definition) is 1. The predicted octanol–water partition coefficient (Wildman–Crippen LogP) is 3.64. The van der Waals surface area contributed by atoms with Crippen LogP contribution in [0.1, 0.15) is 49.3 Å². The zero-order valence-corrected chi connectivity index (χ0v) is 13.4. The van der Waals surface area contributed by atoms with Gasteiger partial charge in [0.25, 0.3) is 0 Å². The molecule has 1 aliphatic carbocycles. The first-order chi connectivity index (χ1) is 9.67. The van der Waals surface area contributed by atoms with E-state index in [9.17, 15) is 0 Å². The SMILES string of the molecule is CCN(Cc1c(C)cccc1C)C1CCCCC1CN.